The van der Waals surface area contributed by atoms with Crippen LogP contribution in [0, 0.1) is 6.92 Å². The Balaban J connectivity index is 2.65. The topological polar surface area (TPSA) is 88.6 Å². The van der Waals surface area contributed by atoms with Gasteiger partial charge in [-0.2, -0.15) is 0 Å². The molecule has 0 aliphatic carbocycles. The van der Waals surface area contributed by atoms with E-state index >= 15 is 0 Å². The SMILES string of the molecule is COC(=O)CCC(=O)Nc1nc(C)c(C(=O)N(C)C)s1. The van der Waals surface area contributed by atoms with Gasteiger partial charge in [-0.05, 0) is 6.92 Å². The van der Waals surface area contributed by atoms with Crippen LogP contribution in [0.2, 0.25) is 0 Å². The van der Waals surface area contributed by atoms with Crippen molar-refractivity contribution in [2.24, 2.45) is 0 Å². The monoisotopic (exact) mass is 299 g/mol. The highest BCUT2D eigenvalue weighted by Gasteiger charge is 2.18. The number of thiazole rings is 1. The Morgan fingerprint density at radius 1 is 1.30 bits per heavy atom. The van der Waals surface area contributed by atoms with Crippen LogP contribution in [0.4, 0.5) is 5.13 Å². The smallest absolute Gasteiger partial charge is 0.306 e. The van der Waals surface area contributed by atoms with E-state index in [-0.39, 0.29) is 24.7 Å². The molecule has 1 aromatic rings. The van der Waals surface area contributed by atoms with Crippen LogP contribution in [0.1, 0.15) is 28.2 Å². The third-order valence-electron chi connectivity index (χ3n) is 2.43. The van der Waals surface area contributed by atoms with E-state index in [1.807, 2.05) is 0 Å². The predicted octanol–water partition coefficient (Wildman–Crippen LogP) is 1.05. The van der Waals surface area contributed by atoms with Crippen molar-refractivity contribution in [2.45, 2.75) is 19.8 Å². The molecule has 110 valence electrons. The molecule has 0 unspecified atom stereocenters. The van der Waals surface area contributed by atoms with Gasteiger partial charge in [0, 0.05) is 20.5 Å². The Hall–Kier alpha value is -1.96. The molecule has 0 saturated heterocycles. The van der Waals surface area contributed by atoms with E-state index in [1.165, 1.54) is 12.0 Å². The summed E-state index contributed by atoms with van der Waals surface area (Å²) in [4.78, 5) is 40.4. The molecule has 0 atom stereocenters. The van der Waals surface area contributed by atoms with E-state index in [1.54, 1.807) is 21.0 Å². The summed E-state index contributed by atoms with van der Waals surface area (Å²) in [5.41, 5.74) is 0.567. The van der Waals surface area contributed by atoms with E-state index < -0.39 is 5.97 Å². The number of esters is 1. The van der Waals surface area contributed by atoms with E-state index in [4.69, 9.17) is 0 Å². The summed E-state index contributed by atoms with van der Waals surface area (Å²) in [6.07, 6.45) is 0.0262. The molecule has 0 bridgehead atoms. The average molecular weight is 299 g/mol. The lowest BCUT2D eigenvalue weighted by Gasteiger charge is -2.07. The number of aryl methyl sites for hydroxylation is 1. The second-order valence-electron chi connectivity index (χ2n) is 4.26. The molecule has 0 fully saturated rings. The first-order valence-corrected chi connectivity index (χ1v) is 6.72. The summed E-state index contributed by atoms with van der Waals surface area (Å²) < 4.78 is 4.45. The van der Waals surface area contributed by atoms with E-state index in [2.05, 4.69) is 15.0 Å². The number of anilines is 1. The van der Waals surface area contributed by atoms with Crippen LogP contribution in [0.5, 0.6) is 0 Å². The van der Waals surface area contributed by atoms with Crippen LogP contribution in [0.3, 0.4) is 0 Å². The molecule has 0 spiro atoms. The first-order valence-electron chi connectivity index (χ1n) is 5.91. The molecule has 0 saturated carbocycles. The molecule has 1 aromatic heterocycles. The van der Waals surface area contributed by atoms with Gasteiger partial charge in [0.1, 0.15) is 4.88 Å². The van der Waals surface area contributed by atoms with Gasteiger partial charge in [0.15, 0.2) is 5.13 Å². The van der Waals surface area contributed by atoms with Crippen molar-refractivity contribution in [3.05, 3.63) is 10.6 Å². The number of amides is 2. The van der Waals surface area contributed by atoms with Crippen LogP contribution in [0.25, 0.3) is 0 Å². The molecule has 0 radical (unpaired) electrons. The van der Waals surface area contributed by atoms with Crippen molar-refractivity contribution in [3.8, 4) is 0 Å². The second kappa shape index (κ2) is 6.99. The van der Waals surface area contributed by atoms with Gasteiger partial charge >= 0.3 is 5.97 Å². The molecule has 7 nitrogen and oxygen atoms in total. The van der Waals surface area contributed by atoms with Gasteiger partial charge in [-0.25, -0.2) is 4.98 Å². The Bertz CT molecular complexity index is 525. The van der Waals surface area contributed by atoms with Crippen molar-refractivity contribution in [1.82, 2.24) is 9.88 Å². The lowest BCUT2D eigenvalue weighted by molar-refractivity contribution is -0.141. The number of aromatic nitrogens is 1. The van der Waals surface area contributed by atoms with Gasteiger partial charge in [0.05, 0.1) is 19.2 Å². The molecule has 1 heterocycles. The number of carbonyl (C=O) groups is 3. The molecule has 0 aliphatic heterocycles. The van der Waals surface area contributed by atoms with Gasteiger partial charge in [0.2, 0.25) is 5.91 Å². The largest absolute Gasteiger partial charge is 0.469 e. The lowest BCUT2D eigenvalue weighted by Crippen LogP contribution is -2.21. The molecule has 1 N–H and O–H groups in total. The lowest BCUT2D eigenvalue weighted by atomic mass is 10.3. The zero-order chi connectivity index (χ0) is 15.3. The van der Waals surface area contributed by atoms with Crippen LogP contribution in [0.15, 0.2) is 0 Å². The highest BCUT2D eigenvalue weighted by molar-refractivity contribution is 7.17. The summed E-state index contributed by atoms with van der Waals surface area (Å²) in [6, 6.07) is 0. The zero-order valence-electron chi connectivity index (χ0n) is 11.8. The van der Waals surface area contributed by atoms with E-state index in [0.717, 1.165) is 11.3 Å². The normalized spacial score (nSPS) is 10.0. The number of rotatable bonds is 5. The van der Waals surface area contributed by atoms with Crippen LogP contribution < -0.4 is 5.32 Å². The third-order valence-corrected chi connectivity index (χ3v) is 3.49. The minimum absolute atomic E-state index is 0.0101. The van der Waals surface area contributed by atoms with E-state index in [9.17, 15) is 14.4 Å². The number of hydrogen-bond donors (Lipinski definition) is 1. The van der Waals surface area contributed by atoms with Gasteiger partial charge in [0.25, 0.3) is 5.91 Å². The maximum Gasteiger partial charge on any atom is 0.306 e. The summed E-state index contributed by atoms with van der Waals surface area (Å²) in [5.74, 6) is -0.943. The van der Waals surface area contributed by atoms with Crippen LogP contribution in [-0.4, -0.2) is 48.9 Å². The molecule has 2 amide bonds. The van der Waals surface area contributed by atoms with Crippen molar-refractivity contribution in [2.75, 3.05) is 26.5 Å². The Kier molecular flexibility index (Phi) is 5.63. The van der Waals surface area contributed by atoms with Crippen LogP contribution in [-0.2, 0) is 14.3 Å². The summed E-state index contributed by atoms with van der Waals surface area (Å²) in [5, 5.41) is 2.92. The summed E-state index contributed by atoms with van der Waals surface area (Å²) in [6.45, 7) is 1.71. The number of nitrogens with zero attached hydrogens (tertiary/aromatic N) is 2. The molecule has 0 aromatic carbocycles. The fourth-order valence-electron chi connectivity index (χ4n) is 1.35. The predicted molar refractivity (Wildman–Crippen MR) is 74.7 cm³/mol. The quantitative estimate of drug-likeness (QED) is 0.821. The second-order valence-corrected chi connectivity index (χ2v) is 5.26. The van der Waals surface area contributed by atoms with Crippen molar-refractivity contribution >= 4 is 34.3 Å². The summed E-state index contributed by atoms with van der Waals surface area (Å²) in [7, 11) is 4.57. The zero-order valence-corrected chi connectivity index (χ0v) is 12.7. The standard InChI is InChI=1S/C12H17N3O4S/c1-7-10(11(18)15(2)3)20-12(13-7)14-8(16)5-6-9(17)19-4/h5-6H2,1-4H3,(H,13,14,16). The Morgan fingerprint density at radius 3 is 2.50 bits per heavy atom. The Morgan fingerprint density at radius 2 is 1.95 bits per heavy atom. The average Bonchev–Trinajstić information content (AvgIpc) is 2.75. The molecule has 20 heavy (non-hydrogen) atoms. The highest BCUT2D eigenvalue weighted by atomic mass is 32.1. The number of hydrogen-bond acceptors (Lipinski definition) is 6. The fourth-order valence-corrected chi connectivity index (χ4v) is 2.35. The molecule has 8 heteroatoms. The molecular weight excluding hydrogens is 282 g/mol. The van der Waals surface area contributed by atoms with Gasteiger partial charge < -0.3 is 15.0 Å². The first-order chi connectivity index (χ1) is 9.35. The third kappa shape index (κ3) is 4.30. The molecule has 0 aliphatic rings. The van der Waals surface area contributed by atoms with Crippen molar-refractivity contribution < 1.29 is 19.1 Å². The molecular formula is C12H17N3O4S. The van der Waals surface area contributed by atoms with E-state index in [0.29, 0.717) is 15.7 Å². The van der Waals surface area contributed by atoms with Crippen LogP contribution >= 0.6 is 11.3 Å². The summed E-state index contributed by atoms with van der Waals surface area (Å²) >= 11 is 1.11. The van der Waals surface area contributed by atoms with Crippen molar-refractivity contribution in [3.63, 3.8) is 0 Å². The Labute approximate surface area is 120 Å². The highest BCUT2D eigenvalue weighted by Crippen LogP contribution is 2.23. The number of nitrogens with one attached hydrogen (secondary N) is 1. The fraction of sp³-hybridized carbons (Fsp3) is 0.500. The number of ether oxygens (including phenoxy) is 1. The van der Waals surface area contributed by atoms with Gasteiger partial charge in [-0.1, -0.05) is 11.3 Å². The maximum absolute atomic E-state index is 11.8. The minimum atomic E-state index is -0.445. The number of methoxy groups -OCH3 is 1. The maximum atomic E-state index is 11.8. The first kappa shape index (κ1) is 16.1. The van der Waals surface area contributed by atoms with Crippen molar-refractivity contribution in [1.29, 1.82) is 0 Å². The molecule has 1 rings (SSSR count). The number of carbonyl (C=O) groups excluding carboxylic acids is 3. The van der Waals surface area contributed by atoms with Gasteiger partial charge in [-0.3, -0.25) is 14.4 Å². The van der Waals surface area contributed by atoms with Gasteiger partial charge in [-0.15, -0.1) is 0 Å². The minimum Gasteiger partial charge on any atom is -0.469 e.